The predicted molar refractivity (Wildman–Crippen MR) is 315 cm³/mol. The molecule has 3 heterocycles. The summed E-state index contributed by atoms with van der Waals surface area (Å²) < 4.78 is 0. The van der Waals surface area contributed by atoms with Crippen molar-refractivity contribution in [3.63, 3.8) is 0 Å². The highest BCUT2D eigenvalue weighted by Crippen LogP contribution is 2.62. The Morgan fingerprint density at radius 3 is 1.68 bits per heavy atom. The third-order valence-corrected chi connectivity index (χ3v) is 18.6. The first-order valence-electron chi connectivity index (χ1n) is 27.7. The van der Waals surface area contributed by atoms with Gasteiger partial charge in [0, 0.05) is 50.8 Å². The van der Waals surface area contributed by atoms with Gasteiger partial charge < -0.3 is 14.7 Å². The van der Waals surface area contributed by atoms with E-state index in [0.717, 1.165) is 19.3 Å². The van der Waals surface area contributed by atoms with Crippen molar-refractivity contribution in [1.29, 1.82) is 0 Å². The van der Waals surface area contributed by atoms with Gasteiger partial charge in [0.05, 0.1) is 11.2 Å². The Morgan fingerprint density at radius 1 is 0.479 bits per heavy atom. The van der Waals surface area contributed by atoms with Crippen LogP contribution in [0.25, 0.3) is 11.1 Å². The number of benzene rings is 7. The summed E-state index contributed by atoms with van der Waals surface area (Å²) >= 11 is 0. The fourth-order valence-electron chi connectivity index (χ4n) is 14.4. The fourth-order valence-corrected chi connectivity index (χ4v) is 14.4. The standard InChI is InChI=1S/C69H78BN3/c1-43-33-61-63-62(34-43)72(57-29-24-49(65(6,7)8)38-52(57)45-21-17-16-18-22-45)59-37-47-42-67(12,13)41-46(47)36-55(59)70(63)54-27-26-51(40-60(54)71(61)56-28-23-48(35-44(56)2)64(3,4)5)73-58-30-25-50(66(9,10)11)39-53(58)68(14)31-19-20-32-69(68,73)15/h16-18,21-30,33-40H,19-20,31-32,41-42H2,1-15H3. The maximum absolute atomic E-state index is 2.80. The molecule has 0 N–H and O–H groups in total. The summed E-state index contributed by atoms with van der Waals surface area (Å²) in [5.74, 6) is 0. The molecule has 7 aromatic carbocycles. The zero-order valence-electron chi connectivity index (χ0n) is 46.8. The molecule has 372 valence electrons. The van der Waals surface area contributed by atoms with Gasteiger partial charge in [0.2, 0.25) is 0 Å². The Labute approximate surface area is 439 Å². The molecule has 0 bridgehead atoms. The second kappa shape index (κ2) is 16.0. The van der Waals surface area contributed by atoms with Crippen molar-refractivity contribution in [2.75, 3.05) is 14.7 Å². The number of nitrogens with zero attached hydrogens (tertiary/aromatic N) is 3. The van der Waals surface area contributed by atoms with E-state index in [-0.39, 0.29) is 39.3 Å². The van der Waals surface area contributed by atoms with Gasteiger partial charge in [-0.25, -0.2) is 0 Å². The van der Waals surface area contributed by atoms with Crippen LogP contribution in [-0.4, -0.2) is 12.3 Å². The molecule has 2 unspecified atom stereocenters. The number of anilines is 8. The first kappa shape index (κ1) is 48.0. The van der Waals surface area contributed by atoms with E-state index in [4.69, 9.17) is 0 Å². The number of fused-ring (bicyclic) bond motifs is 8. The van der Waals surface area contributed by atoms with E-state index in [1.54, 1.807) is 0 Å². The largest absolute Gasteiger partial charge is 0.334 e. The fraction of sp³-hybridized carbons (Fsp3) is 0.391. The second-order valence-electron chi connectivity index (χ2n) is 27.5. The van der Waals surface area contributed by atoms with Gasteiger partial charge in [0.25, 0.3) is 6.71 Å². The molecule has 3 aliphatic heterocycles. The van der Waals surface area contributed by atoms with Gasteiger partial charge in [-0.1, -0.05) is 169 Å². The van der Waals surface area contributed by atoms with Gasteiger partial charge in [-0.2, -0.15) is 0 Å². The Morgan fingerprint density at radius 2 is 1.04 bits per heavy atom. The van der Waals surface area contributed by atoms with E-state index in [1.165, 1.54) is 137 Å². The monoisotopic (exact) mass is 960 g/mol. The van der Waals surface area contributed by atoms with E-state index >= 15 is 0 Å². The second-order valence-corrected chi connectivity index (χ2v) is 27.5. The highest BCUT2D eigenvalue weighted by molar-refractivity contribution is 7.00. The minimum Gasteiger partial charge on any atom is -0.334 e. The lowest BCUT2D eigenvalue weighted by Crippen LogP contribution is -2.61. The van der Waals surface area contributed by atoms with Crippen LogP contribution >= 0.6 is 0 Å². The van der Waals surface area contributed by atoms with E-state index in [1.807, 2.05) is 0 Å². The lowest BCUT2D eigenvalue weighted by molar-refractivity contribution is 0.195. The summed E-state index contributed by atoms with van der Waals surface area (Å²) in [4.78, 5) is 8.17. The molecule has 12 rings (SSSR count). The van der Waals surface area contributed by atoms with Crippen LogP contribution in [0.3, 0.4) is 0 Å². The van der Waals surface area contributed by atoms with Crippen LogP contribution in [0, 0.1) is 19.3 Å². The topological polar surface area (TPSA) is 9.72 Å². The molecule has 0 amide bonds. The van der Waals surface area contributed by atoms with Crippen molar-refractivity contribution in [3.8, 4) is 11.1 Å². The van der Waals surface area contributed by atoms with E-state index in [9.17, 15) is 0 Å². The molecule has 3 nitrogen and oxygen atoms in total. The van der Waals surface area contributed by atoms with Crippen LogP contribution in [0.15, 0.2) is 127 Å². The maximum Gasteiger partial charge on any atom is 0.252 e. The van der Waals surface area contributed by atoms with Gasteiger partial charge in [-0.3, -0.25) is 0 Å². The third-order valence-electron chi connectivity index (χ3n) is 18.6. The van der Waals surface area contributed by atoms with Crippen molar-refractivity contribution >= 4 is 68.6 Å². The lowest BCUT2D eigenvalue weighted by Gasteiger charge is -2.51. The minimum atomic E-state index is -0.0753. The molecule has 7 aromatic rings. The van der Waals surface area contributed by atoms with Crippen molar-refractivity contribution in [3.05, 3.63) is 172 Å². The number of aryl methyl sites for hydroxylation is 2. The molecule has 1 fully saturated rings. The van der Waals surface area contributed by atoms with Crippen molar-refractivity contribution in [2.24, 2.45) is 5.41 Å². The zero-order chi connectivity index (χ0) is 51.5. The summed E-state index contributed by atoms with van der Waals surface area (Å²) in [6.07, 6.45) is 7.05. The molecule has 0 radical (unpaired) electrons. The molecule has 4 heteroatoms. The average Bonchev–Trinajstić information content (AvgIpc) is 3.74. The third kappa shape index (κ3) is 7.33. The first-order chi connectivity index (χ1) is 34.4. The van der Waals surface area contributed by atoms with E-state index < -0.39 is 0 Å². The summed E-state index contributed by atoms with van der Waals surface area (Å²) in [6.45, 7) is 35.9. The van der Waals surface area contributed by atoms with Crippen LogP contribution in [0.2, 0.25) is 0 Å². The van der Waals surface area contributed by atoms with Crippen molar-refractivity contribution in [1.82, 2.24) is 0 Å². The minimum absolute atomic E-state index is 0.00905. The normalized spacial score (nSPS) is 20.6. The molecule has 0 saturated heterocycles. The lowest BCUT2D eigenvalue weighted by atomic mass is 9.33. The molecule has 2 atom stereocenters. The number of hydrogen-bond acceptors (Lipinski definition) is 3. The first-order valence-corrected chi connectivity index (χ1v) is 27.7. The Bertz CT molecular complexity index is 3410. The van der Waals surface area contributed by atoms with Crippen LogP contribution in [0.4, 0.5) is 45.5 Å². The molecular weight excluding hydrogens is 882 g/mol. The molecule has 1 saturated carbocycles. The van der Waals surface area contributed by atoms with Gasteiger partial charge in [0.1, 0.15) is 0 Å². The summed E-state index contributed by atoms with van der Waals surface area (Å²) in [6, 6.07) is 51.2. The van der Waals surface area contributed by atoms with Crippen LogP contribution in [0.5, 0.6) is 0 Å². The van der Waals surface area contributed by atoms with Crippen LogP contribution in [-0.2, 0) is 34.5 Å². The zero-order valence-corrected chi connectivity index (χ0v) is 46.8. The molecule has 0 aromatic heterocycles. The maximum atomic E-state index is 2.80. The van der Waals surface area contributed by atoms with E-state index in [2.05, 4.69) is 246 Å². The highest BCUT2D eigenvalue weighted by Gasteiger charge is 2.58. The highest BCUT2D eigenvalue weighted by atomic mass is 15.3. The Hall–Kier alpha value is -6.00. The molecular formula is C69H78BN3. The van der Waals surface area contributed by atoms with Gasteiger partial charge >= 0.3 is 0 Å². The SMILES string of the molecule is Cc1cc2c3c(c1)N(c1ccc(C(C)(C)C)cc1-c1ccccc1)c1cc4c(cc1B3c1ccc(N3c5ccc(C(C)(C)C)cc5C5(C)CCCCC35C)cc1N2c1ccc(C(C)(C)C)cc1C)CC(C)(C)C4. The molecule has 2 aliphatic carbocycles. The van der Waals surface area contributed by atoms with Gasteiger partial charge in [0.15, 0.2) is 0 Å². The predicted octanol–water partition coefficient (Wildman–Crippen LogP) is 16.8. The Kier molecular flexibility index (Phi) is 10.5. The van der Waals surface area contributed by atoms with Crippen LogP contribution < -0.4 is 31.1 Å². The summed E-state index contributed by atoms with van der Waals surface area (Å²) in [7, 11) is 0. The molecule has 73 heavy (non-hydrogen) atoms. The summed E-state index contributed by atoms with van der Waals surface area (Å²) in [5, 5.41) is 0. The molecule has 0 spiro atoms. The average molecular weight is 960 g/mol. The molecule has 5 aliphatic rings. The van der Waals surface area contributed by atoms with Crippen molar-refractivity contribution in [2.45, 2.75) is 170 Å². The Balaban J connectivity index is 1.15. The number of hydrogen-bond donors (Lipinski definition) is 0. The van der Waals surface area contributed by atoms with Gasteiger partial charge in [-0.05, 0) is 189 Å². The van der Waals surface area contributed by atoms with Gasteiger partial charge in [-0.15, -0.1) is 0 Å². The summed E-state index contributed by atoms with van der Waals surface area (Å²) in [5.41, 5.74) is 28.5. The van der Waals surface area contributed by atoms with Crippen LogP contribution in [0.1, 0.15) is 160 Å². The quantitative estimate of drug-likeness (QED) is 0.163. The van der Waals surface area contributed by atoms with E-state index in [0.29, 0.717) is 0 Å². The smallest absolute Gasteiger partial charge is 0.252 e. The van der Waals surface area contributed by atoms with Crippen molar-refractivity contribution < 1.29 is 0 Å². The number of rotatable bonds is 4.